The molecule has 0 aliphatic heterocycles. The van der Waals surface area contributed by atoms with Crippen LogP contribution in [0.25, 0.3) is 11.1 Å². The first-order chi connectivity index (χ1) is 18.1. The van der Waals surface area contributed by atoms with E-state index >= 15 is 0 Å². The number of thiazole rings is 1. The van der Waals surface area contributed by atoms with E-state index in [2.05, 4.69) is 64.7 Å². The molecular weight excluding hydrogens is 476 g/mol. The standard InChI is InChI=1S/C31H26N4OS/c1-31(25-12-16-33-17-13-25)27-5-3-2-4-24(27)19-28(31)29(36)35-30-34-26(20-37-30)18-21-6-8-22(9-7-21)23-10-14-32-15-11-23/h2-17,20,28H,18-19H2,1H3,(H,34,35,36)/t28-,31-/m1/s1. The van der Waals surface area contributed by atoms with Crippen LogP contribution in [0.4, 0.5) is 5.13 Å². The van der Waals surface area contributed by atoms with Crippen LogP contribution in [0.5, 0.6) is 0 Å². The van der Waals surface area contributed by atoms with Crippen molar-refractivity contribution in [2.24, 2.45) is 5.92 Å². The van der Waals surface area contributed by atoms with Crippen molar-refractivity contribution in [3.05, 3.63) is 131 Å². The third kappa shape index (κ3) is 4.45. The smallest absolute Gasteiger partial charge is 0.230 e. The summed E-state index contributed by atoms with van der Waals surface area (Å²) in [4.78, 5) is 26.7. The van der Waals surface area contributed by atoms with Crippen molar-refractivity contribution in [3.8, 4) is 11.1 Å². The van der Waals surface area contributed by atoms with Gasteiger partial charge < -0.3 is 5.32 Å². The van der Waals surface area contributed by atoms with Gasteiger partial charge in [-0.05, 0) is 64.1 Å². The summed E-state index contributed by atoms with van der Waals surface area (Å²) in [5.41, 5.74) is 7.53. The minimum Gasteiger partial charge on any atom is -0.302 e. The molecule has 37 heavy (non-hydrogen) atoms. The number of anilines is 1. The van der Waals surface area contributed by atoms with E-state index in [9.17, 15) is 4.79 Å². The Bertz CT molecular complexity index is 1530. The number of rotatable bonds is 6. The normalized spacial score (nSPS) is 18.4. The Morgan fingerprint density at radius 3 is 2.35 bits per heavy atom. The van der Waals surface area contributed by atoms with Crippen LogP contribution in [0.1, 0.15) is 34.9 Å². The Labute approximate surface area is 220 Å². The Hall–Kier alpha value is -4.16. The summed E-state index contributed by atoms with van der Waals surface area (Å²) in [6, 6.07) is 24.9. The van der Waals surface area contributed by atoms with Crippen LogP contribution in [0.3, 0.4) is 0 Å². The number of hydrogen-bond acceptors (Lipinski definition) is 5. The fraction of sp³-hybridized carbons (Fsp3) is 0.161. The lowest BCUT2D eigenvalue weighted by molar-refractivity contribution is -0.121. The molecule has 0 fully saturated rings. The lowest BCUT2D eigenvalue weighted by atomic mass is 9.71. The number of hydrogen-bond donors (Lipinski definition) is 1. The molecule has 3 aromatic heterocycles. The summed E-state index contributed by atoms with van der Waals surface area (Å²) in [7, 11) is 0. The van der Waals surface area contributed by atoms with E-state index in [0.29, 0.717) is 18.0 Å². The minimum atomic E-state index is -0.430. The quantitative estimate of drug-likeness (QED) is 0.296. The molecule has 1 N–H and O–H groups in total. The number of amides is 1. The average molecular weight is 503 g/mol. The Morgan fingerprint density at radius 2 is 1.59 bits per heavy atom. The van der Waals surface area contributed by atoms with Crippen LogP contribution in [-0.2, 0) is 23.1 Å². The van der Waals surface area contributed by atoms with E-state index in [-0.39, 0.29) is 11.8 Å². The van der Waals surface area contributed by atoms with E-state index in [0.717, 1.165) is 22.4 Å². The molecule has 0 spiro atoms. The van der Waals surface area contributed by atoms with Crippen LogP contribution >= 0.6 is 11.3 Å². The molecule has 0 unspecified atom stereocenters. The van der Waals surface area contributed by atoms with E-state index < -0.39 is 5.41 Å². The molecule has 6 heteroatoms. The third-order valence-corrected chi connectivity index (χ3v) is 8.24. The highest BCUT2D eigenvalue weighted by atomic mass is 32.1. The number of nitrogens with one attached hydrogen (secondary N) is 1. The fourth-order valence-corrected chi connectivity index (χ4v) is 6.15. The molecule has 0 bridgehead atoms. The lowest BCUT2D eigenvalue weighted by Crippen LogP contribution is -2.38. The first-order valence-corrected chi connectivity index (χ1v) is 13.2. The van der Waals surface area contributed by atoms with Gasteiger partial charge in [-0.1, -0.05) is 55.5 Å². The van der Waals surface area contributed by atoms with Gasteiger partial charge >= 0.3 is 0 Å². The van der Waals surface area contributed by atoms with Crippen molar-refractivity contribution in [2.75, 3.05) is 5.32 Å². The second kappa shape index (κ2) is 9.71. The van der Waals surface area contributed by atoms with Gasteiger partial charge in [0.1, 0.15) is 0 Å². The SMILES string of the molecule is C[C@@]1(c2ccncc2)c2ccccc2C[C@@H]1C(=O)Nc1nc(Cc2ccc(-c3ccncc3)cc2)cs1. The predicted octanol–water partition coefficient (Wildman–Crippen LogP) is 6.31. The molecule has 182 valence electrons. The van der Waals surface area contributed by atoms with Gasteiger partial charge in [0.25, 0.3) is 0 Å². The zero-order valence-electron chi connectivity index (χ0n) is 20.5. The van der Waals surface area contributed by atoms with Crippen LogP contribution in [-0.4, -0.2) is 20.9 Å². The largest absolute Gasteiger partial charge is 0.302 e. The van der Waals surface area contributed by atoms with Gasteiger partial charge in [0.15, 0.2) is 5.13 Å². The molecule has 5 nitrogen and oxygen atoms in total. The number of nitrogens with zero attached hydrogens (tertiary/aromatic N) is 3. The number of fused-ring (bicyclic) bond motifs is 1. The van der Waals surface area contributed by atoms with Crippen molar-refractivity contribution < 1.29 is 4.79 Å². The number of pyridine rings is 2. The number of aromatic nitrogens is 3. The highest BCUT2D eigenvalue weighted by Gasteiger charge is 2.48. The van der Waals surface area contributed by atoms with Gasteiger partial charge in [-0.3, -0.25) is 14.8 Å². The van der Waals surface area contributed by atoms with Gasteiger partial charge in [-0.2, -0.15) is 0 Å². The average Bonchev–Trinajstić information content (AvgIpc) is 3.52. The lowest BCUT2D eigenvalue weighted by Gasteiger charge is -2.32. The van der Waals surface area contributed by atoms with Crippen molar-refractivity contribution in [2.45, 2.75) is 25.2 Å². The molecule has 2 atom stereocenters. The maximum absolute atomic E-state index is 13.6. The maximum Gasteiger partial charge on any atom is 0.230 e. The Balaban J connectivity index is 1.18. The van der Waals surface area contributed by atoms with Crippen molar-refractivity contribution in [1.82, 2.24) is 15.0 Å². The summed E-state index contributed by atoms with van der Waals surface area (Å²) < 4.78 is 0. The molecule has 0 radical (unpaired) electrons. The highest BCUT2D eigenvalue weighted by molar-refractivity contribution is 7.13. The van der Waals surface area contributed by atoms with Crippen molar-refractivity contribution >= 4 is 22.4 Å². The van der Waals surface area contributed by atoms with E-state index in [1.807, 2.05) is 35.7 Å². The third-order valence-electron chi connectivity index (χ3n) is 7.43. The van der Waals surface area contributed by atoms with Gasteiger partial charge in [-0.15, -0.1) is 11.3 Å². The predicted molar refractivity (Wildman–Crippen MR) is 148 cm³/mol. The summed E-state index contributed by atoms with van der Waals surface area (Å²) in [5.74, 6) is -0.238. The maximum atomic E-state index is 13.6. The number of carbonyl (C=O) groups is 1. The van der Waals surface area contributed by atoms with Gasteiger partial charge in [-0.25, -0.2) is 4.98 Å². The van der Waals surface area contributed by atoms with Gasteiger partial charge in [0.2, 0.25) is 5.91 Å². The molecule has 2 aromatic carbocycles. The summed E-state index contributed by atoms with van der Waals surface area (Å²) in [6.07, 6.45) is 8.62. The first-order valence-electron chi connectivity index (χ1n) is 12.3. The second-order valence-electron chi connectivity index (χ2n) is 9.59. The fourth-order valence-electron chi connectivity index (χ4n) is 5.43. The molecular formula is C31H26N4OS. The molecule has 0 saturated heterocycles. The molecule has 0 saturated carbocycles. The summed E-state index contributed by atoms with van der Waals surface area (Å²) in [5, 5.41) is 5.79. The van der Waals surface area contributed by atoms with Crippen LogP contribution in [0.15, 0.2) is 103 Å². The van der Waals surface area contributed by atoms with Crippen molar-refractivity contribution in [3.63, 3.8) is 0 Å². The Morgan fingerprint density at radius 1 is 0.919 bits per heavy atom. The molecule has 6 rings (SSSR count). The topological polar surface area (TPSA) is 67.8 Å². The van der Waals surface area contributed by atoms with Gasteiger partial charge in [0.05, 0.1) is 11.6 Å². The zero-order chi connectivity index (χ0) is 25.2. The first kappa shape index (κ1) is 23.3. The second-order valence-corrected chi connectivity index (χ2v) is 10.5. The summed E-state index contributed by atoms with van der Waals surface area (Å²) in [6.45, 7) is 2.17. The minimum absolute atomic E-state index is 0.00174. The number of benzene rings is 2. The van der Waals surface area contributed by atoms with Crippen molar-refractivity contribution in [1.29, 1.82) is 0 Å². The van der Waals surface area contributed by atoms with Crippen LogP contribution in [0.2, 0.25) is 0 Å². The van der Waals surface area contributed by atoms with E-state index in [4.69, 9.17) is 4.98 Å². The van der Waals surface area contributed by atoms with E-state index in [1.54, 1.807) is 24.8 Å². The molecule has 1 aliphatic rings. The molecule has 1 amide bonds. The van der Waals surface area contributed by atoms with Gasteiger partial charge in [0, 0.05) is 42.0 Å². The van der Waals surface area contributed by atoms with Crippen LogP contribution < -0.4 is 5.32 Å². The number of carbonyl (C=O) groups excluding carboxylic acids is 1. The zero-order valence-corrected chi connectivity index (χ0v) is 21.3. The summed E-state index contributed by atoms with van der Waals surface area (Å²) >= 11 is 1.48. The van der Waals surface area contributed by atoms with E-state index in [1.165, 1.54) is 28.0 Å². The monoisotopic (exact) mass is 502 g/mol. The Kier molecular flexibility index (Phi) is 6.10. The highest BCUT2D eigenvalue weighted by Crippen LogP contribution is 2.48. The molecule has 1 aliphatic carbocycles. The molecule has 3 heterocycles. The van der Waals surface area contributed by atoms with Crippen LogP contribution in [0, 0.1) is 5.92 Å². The molecule has 5 aromatic rings.